The zero-order valence-corrected chi connectivity index (χ0v) is 23.4. The number of nitrogens with two attached hydrogens (primary N) is 1. The van der Waals surface area contributed by atoms with Crippen LogP contribution in [0.5, 0.6) is 0 Å². The van der Waals surface area contributed by atoms with Crippen LogP contribution in [0, 0.1) is 17.2 Å². The smallest absolute Gasteiger partial charge is 0.410 e. The number of primary amides is 1. The van der Waals surface area contributed by atoms with Crippen molar-refractivity contribution in [3.8, 4) is 17.2 Å². The van der Waals surface area contributed by atoms with Crippen LogP contribution < -0.4 is 15.1 Å². The number of hydrogen-bond donors (Lipinski definition) is 1. The van der Waals surface area contributed by atoms with Gasteiger partial charge in [0.05, 0.1) is 6.54 Å². The summed E-state index contributed by atoms with van der Waals surface area (Å²) in [5.41, 5.74) is 9.12. The van der Waals surface area contributed by atoms with Crippen molar-refractivity contribution in [3.63, 3.8) is 0 Å². The molecule has 1 unspecified atom stereocenters. The molecule has 2 aromatic carbocycles. The van der Waals surface area contributed by atoms with Crippen molar-refractivity contribution in [1.29, 1.82) is 5.26 Å². The molecule has 0 aliphatic carbocycles. The fraction of sp³-hybridized carbons (Fsp3) is 0.483. The Morgan fingerprint density at radius 1 is 1.11 bits per heavy atom. The first-order chi connectivity index (χ1) is 17.9. The molecular weight excluding hydrogens is 502 g/mol. The molecule has 38 heavy (non-hydrogen) atoms. The van der Waals surface area contributed by atoms with E-state index in [9.17, 15) is 14.9 Å². The monoisotopic (exact) mass is 538 g/mol. The Morgan fingerprint density at radius 2 is 1.74 bits per heavy atom. The molecule has 2 amide bonds. The summed E-state index contributed by atoms with van der Waals surface area (Å²) in [6.07, 6.45) is 0.363. The van der Waals surface area contributed by atoms with Gasteiger partial charge in [-0.3, -0.25) is 9.28 Å². The Balaban J connectivity index is 1.53. The number of anilines is 1. The molecule has 0 spiro atoms. The Morgan fingerprint density at radius 3 is 2.32 bits per heavy atom. The van der Waals surface area contributed by atoms with Crippen LogP contribution in [0.25, 0.3) is 11.1 Å². The summed E-state index contributed by atoms with van der Waals surface area (Å²) in [6, 6.07) is 15.9. The fourth-order valence-electron chi connectivity index (χ4n) is 5.72. The predicted molar refractivity (Wildman–Crippen MR) is 151 cm³/mol. The molecule has 2 saturated heterocycles. The number of rotatable bonds is 5. The van der Waals surface area contributed by atoms with Gasteiger partial charge in [0.1, 0.15) is 16.7 Å². The molecule has 4 rings (SSSR count). The van der Waals surface area contributed by atoms with E-state index in [1.807, 2.05) is 39.0 Å². The number of ether oxygens (including phenoxy) is 1. The van der Waals surface area contributed by atoms with Gasteiger partial charge in [-0.15, -0.1) is 0 Å². The number of benzene rings is 2. The van der Waals surface area contributed by atoms with Gasteiger partial charge in [-0.2, -0.15) is 5.26 Å². The van der Waals surface area contributed by atoms with Gasteiger partial charge in [0.25, 0.3) is 5.91 Å². The lowest BCUT2D eigenvalue weighted by atomic mass is 10.0. The molecule has 2 N–H and O–H groups in total. The molecule has 0 bridgehead atoms. The van der Waals surface area contributed by atoms with Gasteiger partial charge in [-0.25, -0.2) is 4.79 Å². The van der Waals surface area contributed by atoms with Gasteiger partial charge in [0.15, 0.2) is 18.3 Å². The number of quaternary nitrogens is 1. The van der Waals surface area contributed by atoms with Crippen molar-refractivity contribution in [2.75, 3.05) is 44.2 Å². The maximum absolute atomic E-state index is 12.4. The second-order valence-corrected chi connectivity index (χ2v) is 11.9. The van der Waals surface area contributed by atoms with Crippen LogP contribution in [-0.4, -0.2) is 67.8 Å². The van der Waals surface area contributed by atoms with E-state index in [2.05, 4.69) is 42.2 Å². The lowest BCUT2D eigenvalue weighted by Crippen LogP contribution is -2.58. The number of nitriles is 1. The fourth-order valence-corrected chi connectivity index (χ4v) is 6.01. The molecule has 0 radical (unpaired) electrons. The van der Waals surface area contributed by atoms with E-state index in [0.717, 1.165) is 35.6 Å². The number of hydrogen-bond acceptors (Lipinski definition) is 5. The van der Waals surface area contributed by atoms with E-state index in [-0.39, 0.29) is 23.0 Å². The number of amides is 2. The number of carbonyl (C=O) groups is 2. The third-order valence-corrected chi connectivity index (χ3v) is 7.78. The lowest BCUT2D eigenvalue weighted by molar-refractivity contribution is -0.121. The molecule has 202 valence electrons. The Hall–Kier alpha value is -3.28. The first-order valence-electron chi connectivity index (χ1n) is 13.1. The number of piperazine rings is 1. The largest absolute Gasteiger partial charge is 0.444 e. The van der Waals surface area contributed by atoms with Crippen molar-refractivity contribution < 1.29 is 14.3 Å². The molecule has 0 aromatic heterocycles. The Labute approximate surface area is 230 Å². The van der Waals surface area contributed by atoms with Crippen molar-refractivity contribution >= 4 is 35.0 Å². The van der Waals surface area contributed by atoms with Crippen LogP contribution in [0.3, 0.4) is 0 Å². The van der Waals surface area contributed by atoms with Gasteiger partial charge < -0.3 is 20.3 Å². The van der Waals surface area contributed by atoms with Crippen LogP contribution in [-0.2, 0) is 9.53 Å². The van der Waals surface area contributed by atoms with E-state index in [1.165, 1.54) is 0 Å². The highest BCUT2D eigenvalue weighted by molar-refractivity contribution is 6.33. The van der Waals surface area contributed by atoms with Crippen molar-refractivity contribution in [3.05, 3.63) is 47.5 Å². The Bertz CT molecular complexity index is 1230. The lowest BCUT2D eigenvalue weighted by Gasteiger charge is -2.37. The van der Waals surface area contributed by atoms with E-state index >= 15 is 0 Å². The van der Waals surface area contributed by atoms with E-state index in [0.29, 0.717) is 31.1 Å². The third kappa shape index (κ3) is 5.74. The predicted octanol–water partition coefficient (Wildman–Crippen LogP) is 4.79. The summed E-state index contributed by atoms with van der Waals surface area (Å²) < 4.78 is 5.67. The highest BCUT2D eigenvalue weighted by atomic mass is 35.5. The van der Waals surface area contributed by atoms with Gasteiger partial charge >= 0.3 is 6.09 Å². The molecule has 2 aromatic rings. The number of nitrogens with zero attached hydrogens (tertiary/aromatic N) is 4. The van der Waals surface area contributed by atoms with Crippen molar-refractivity contribution in [1.82, 2.24) is 9.38 Å². The average molecular weight is 539 g/mol. The molecule has 2 aliphatic rings. The quantitative estimate of drug-likeness (QED) is 0.436. The molecule has 9 heteroatoms. The molecule has 0 saturated carbocycles. The Kier molecular flexibility index (Phi) is 7.91. The standard InChI is InChI=1S/C29H36ClN5O3/c1-20-17-26(27(32)36)35(19-20,16-11-31)25-18-22(7-10-24(25)30)21-5-8-23(9-6-21)33-12-14-34(15-13-33)28(37)38-29(2,3)4/h5-10,18,20,26H,12-17,19H2,1-4H3,(H-,32,36)/p+1/t20-,26-,35?/m0/s1. The molecule has 2 aliphatic heterocycles. The maximum atomic E-state index is 12.4. The highest BCUT2D eigenvalue weighted by Crippen LogP contribution is 2.43. The molecular formula is C29H37ClN5O3+. The van der Waals surface area contributed by atoms with Gasteiger partial charge in [0.2, 0.25) is 0 Å². The second kappa shape index (κ2) is 10.8. The van der Waals surface area contributed by atoms with Crippen molar-refractivity contribution in [2.24, 2.45) is 11.7 Å². The van der Waals surface area contributed by atoms with Crippen LogP contribution in [0.15, 0.2) is 42.5 Å². The molecule has 3 atom stereocenters. The van der Waals surface area contributed by atoms with Crippen LogP contribution >= 0.6 is 11.6 Å². The van der Waals surface area contributed by atoms with Gasteiger partial charge in [0, 0.05) is 50.3 Å². The number of carbonyl (C=O) groups excluding carboxylic acids is 2. The minimum atomic E-state index is -0.504. The van der Waals surface area contributed by atoms with Gasteiger partial charge in [-0.1, -0.05) is 36.7 Å². The zero-order valence-electron chi connectivity index (χ0n) is 22.6. The molecule has 2 heterocycles. The summed E-state index contributed by atoms with van der Waals surface area (Å²) in [6.45, 7) is 11.1. The van der Waals surface area contributed by atoms with E-state index < -0.39 is 17.6 Å². The second-order valence-electron chi connectivity index (χ2n) is 11.5. The van der Waals surface area contributed by atoms with Crippen LogP contribution in [0.1, 0.15) is 34.1 Å². The normalized spacial score (nSPS) is 23.7. The van der Waals surface area contributed by atoms with E-state index in [4.69, 9.17) is 22.1 Å². The number of likely N-dealkylation sites (tertiary alicyclic amines) is 1. The SMILES string of the molecule is C[C@H]1C[C@@H](C(N)=O)[N+](CC#N)(c2cc(-c3ccc(N4CCN(C(=O)OC(C)(C)C)CC4)cc3)ccc2Cl)C1. The molecule has 8 nitrogen and oxygen atoms in total. The molecule has 2 fully saturated rings. The van der Waals surface area contributed by atoms with E-state index in [1.54, 1.807) is 4.90 Å². The number of halogens is 1. The summed E-state index contributed by atoms with van der Waals surface area (Å²) in [7, 11) is 0. The van der Waals surface area contributed by atoms with Gasteiger partial charge in [-0.05, 0) is 50.1 Å². The highest BCUT2D eigenvalue weighted by Gasteiger charge is 2.51. The minimum absolute atomic E-state index is 0.134. The minimum Gasteiger partial charge on any atom is -0.444 e. The topological polar surface area (TPSA) is 99.7 Å². The summed E-state index contributed by atoms with van der Waals surface area (Å²) >= 11 is 6.68. The van der Waals surface area contributed by atoms with Crippen molar-refractivity contribution in [2.45, 2.75) is 45.8 Å². The third-order valence-electron chi connectivity index (χ3n) is 7.46. The summed E-state index contributed by atoms with van der Waals surface area (Å²) in [4.78, 5) is 28.8. The van der Waals surface area contributed by atoms with Crippen LogP contribution in [0.4, 0.5) is 16.2 Å². The summed E-state index contributed by atoms with van der Waals surface area (Å²) in [5, 5.41) is 10.2. The van der Waals surface area contributed by atoms with Crippen LogP contribution in [0.2, 0.25) is 5.02 Å². The first kappa shape index (κ1) is 27.7. The zero-order chi connectivity index (χ0) is 27.7. The first-order valence-corrected chi connectivity index (χ1v) is 13.5. The summed E-state index contributed by atoms with van der Waals surface area (Å²) in [5.74, 6) is -0.155. The average Bonchev–Trinajstić information content (AvgIpc) is 3.21. The maximum Gasteiger partial charge on any atom is 0.410 e.